The summed E-state index contributed by atoms with van der Waals surface area (Å²) in [7, 11) is 0. The average molecular weight is 244 g/mol. The van der Waals surface area contributed by atoms with E-state index >= 15 is 0 Å². The van der Waals surface area contributed by atoms with Crippen LogP contribution in [0.4, 0.5) is 0 Å². The lowest BCUT2D eigenvalue weighted by atomic mass is 9.98. The molecule has 0 fully saturated rings. The van der Waals surface area contributed by atoms with Crippen molar-refractivity contribution in [3.63, 3.8) is 0 Å². The van der Waals surface area contributed by atoms with Crippen molar-refractivity contribution in [1.29, 1.82) is 0 Å². The van der Waals surface area contributed by atoms with Crippen LogP contribution in [0.2, 0.25) is 0 Å². The third-order valence-corrected chi connectivity index (χ3v) is 3.88. The van der Waals surface area contributed by atoms with E-state index in [1.165, 1.54) is 39.1 Å². The van der Waals surface area contributed by atoms with Crippen molar-refractivity contribution >= 4 is 0 Å². The average Bonchev–Trinajstić information content (AvgIpc) is 3.02. The van der Waals surface area contributed by atoms with Gasteiger partial charge in [0.15, 0.2) is 0 Å². The van der Waals surface area contributed by atoms with Crippen molar-refractivity contribution in [2.24, 2.45) is 0 Å². The summed E-state index contributed by atoms with van der Waals surface area (Å²) in [6.45, 7) is 2.15. The molecule has 1 aromatic heterocycles. The Hall–Kier alpha value is -2.28. The van der Waals surface area contributed by atoms with E-state index in [0.29, 0.717) is 0 Å². The zero-order valence-corrected chi connectivity index (χ0v) is 10.8. The van der Waals surface area contributed by atoms with Crippen LogP contribution in [-0.2, 0) is 0 Å². The second-order valence-corrected chi connectivity index (χ2v) is 5.03. The summed E-state index contributed by atoms with van der Waals surface area (Å²) >= 11 is 0. The normalized spacial score (nSPS) is 12.3. The highest BCUT2D eigenvalue weighted by atomic mass is 14.7. The molecule has 1 radical (unpaired) electrons. The Kier molecular flexibility index (Phi) is 2.16. The maximum absolute atomic E-state index is 3.36. The van der Waals surface area contributed by atoms with Gasteiger partial charge in [0.05, 0.1) is 0 Å². The minimum Gasteiger partial charge on any atom is -0.361 e. The molecule has 1 N–H and O–H groups in total. The van der Waals surface area contributed by atoms with Crippen molar-refractivity contribution in [2.75, 3.05) is 0 Å². The number of aromatic amines is 1. The summed E-state index contributed by atoms with van der Waals surface area (Å²) in [5.74, 6) is 0. The highest BCUT2D eigenvalue weighted by Crippen LogP contribution is 2.42. The Balaban J connectivity index is 1.97. The van der Waals surface area contributed by atoms with Crippen LogP contribution in [0.5, 0.6) is 0 Å². The van der Waals surface area contributed by atoms with Crippen LogP contribution in [-0.4, -0.2) is 4.98 Å². The second kappa shape index (κ2) is 3.86. The number of H-pyrrole nitrogens is 1. The van der Waals surface area contributed by atoms with Crippen molar-refractivity contribution in [1.82, 2.24) is 4.98 Å². The molecule has 1 heteroatoms. The van der Waals surface area contributed by atoms with Gasteiger partial charge in [0, 0.05) is 23.9 Å². The summed E-state index contributed by atoms with van der Waals surface area (Å²) in [5, 5.41) is 0. The second-order valence-electron chi connectivity index (χ2n) is 5.03. The third kappa shape index (κ3) is 1.48. The molecule has 0 bridgehead atoms. The smallest absolute Gasteiger partial charge is 0.0486 e. The summed E-state index contributed by atoms with van der Waals surface area (Å²) in [5.41, 5.74) is 9.11. The minimum absolute atomic E-state index is 1.22. The standard InChI is InChI=1S/C18H14N/c1-12-9-10-19-18(12)16-8-4-7-15-14-6-3-2-5-13(14)11-17(15)16/h2-11,19H,1H3. The SMILES string of the molecule is Cc1cc[nH]c1-c1cccc2c1[CH]c1ccccc1-2. The lowest BCUT2D eigenvalue weighted by Crippen LogP contribution is -1.88. The van der Waals surface area contributed by atoms with E-state index in [2.05, 4.69) is 66.9 Å². The molecule has 1 aliphatic rings. The number of hydrogen-bond donors (Lipinski definition) is 1. The van der Waals surface area contributed by atoms with Gasteiger partial charge in [0.2, 0.25) is 0 Å². The zero-order chi connectivity index (χ0) is 12.8. The molecule has 19 heavy (non-hydrogen) atoms. The van der Waals surface area contributed by atoms with Crippen LogP contribution in [0.1, 0.15) is 16.7 Å². The predicted molar refractivity (Wildman–Crippen MR) is 78.9 cm³/mol. The summed E-state index contributed by atoms with van der Waals surface area (Å²) < 4.78 is 0. The Morgan fingerprint density at radius 1 is 0.789 bits per heavy atom. The van der Waals surface area contributed by atoms with Crippen molar-refractivity contribution < 1.29 is 0 Å². The molecule has 0 saturated heterocycles. The van der Waals surface area contributed by atoms with Crippen LogP contribution in [0.15, 0.2) is 54.7 Å². The number of hydrogen-bond acceptors (Lipinski definition) is 0. The van der Waals surface area contributed by atoms with Crippen LogP contribution < -0.4 is 0 Å². The van der Waals surface area contributed by atoms with Crippen molar-refractivity contribution in [3.8, 4) is 22.4 Å². The maximum Gasteiger partial charge on any atom is 0.0486 e. The number of fused-ring (bicyclic) bond motifs is 3. The van der Waals surface area contributed by atoms with Crippen LogP contribution >= 0.6 is 0 Å². The van der Waals surface area contributed by atoms with Gasteiger partial charge in [-0.3, -0.25) is 0 Å². The van der Waals surface area contributed by atoms with E-state index in [1.54, 1.807) is 0 Å². The molecular formula is C18H14N. The maximum atomic E-state index is 3.36. The van der Waals surface area contributed by atoms with Crippen molar-refractivity contribution in [3.05, 3.63) is 77.8 Å². The van der Waals surface area contributed by atoms with E-state index in [9.17, 15) is 0 Å². The van der Waals surface area contributed by atoms with E-state index in [0.717, 1.165) is 0 Å². The molecule has 0 aliphatic heterocycles. The lowest BCUT2D eigenvalue weighted by Gasteiger charge is -2.08. The first-order chi connectivity index (χ1) is 9.34. The highest BCUT2D eigenvalue weighted by Gasteiger charge is 2.21. The first-order valence-electron chi connectivity index (χ1n) is 6.56. The summed E-state index contributed by atoms with van der Waals surface area (Å²) in [6.07, 6.45) is 4.30. The quantitative estimate of drug-likeness (QED) is 0.505. The monoisotopic (exact) mass is 244 g/mol. The Bertz CT molecular complexity index is 765. The fourth-order valence-corrected chi connectivity index (χ4v) is 2.93. The van der Waals surface area contributed by atoms with Gasteiger partial charge in [-0.05, 0) is 40.8 Å². The molecular weight excluding hydrogens is 230 g/mol. The molecule has 1 aliphatic carbocycles. The molecule has 0 unspecified atom stereocenters. The predicted octanol–water partition coefficient (Wildman–Crippen LogP) is 4.57. The molecule has 4 rings (SSSR count). The van der Waals surface area contributed by atoms with Gasteiger partial charge in [-0.2, -0.15) is 0 Å². The first-order valence-corrected chi connectivity index (χ1v) is 6.56. The first kappa shape index (κ1) is 10.6. The molecule has 0 atom stereocenters. The summed E-state index contributed by atoms with van der Waals surface area (Å²) in [6, 6.07) is 17.2. The van der Waals surface area contributed by atoms with Crippen molar-refractivity contribution in [2.45, 2.75) is 6.92 Å². The van der Waals surface area contributed by atoms with Gasteiger partial charge in [-0.1, -0.05) is 42.5 Å². The molecule has 3 aromatic rings. The largest absolute Gasteiger partial charge is 0.361 e. The number of nitrogens with one attached hydrogen (secondary N) is 1. The van der Waals surface area contributed by atoms with E-state index in [-0.39, 0.29) is 0 Å². The van der Waals surface area contributed by atoms with Gasteiger partial charge < -0.3 is 4.98 Å². The molecule has 2 aromatic carbocycles. The van der Waals surface area contributed by atoms with Gasteiger partial charge in [-0.15, -0.1) is 0 Å². The topological polar surface area (TPSA) is 15.8 Å². The van der Waals surface area contributed by atoms with E-state index in [1.807, 2.05) is 6.20 Å². The van der Waals surface area contributed by atoms with E-state index in [4.69, 9.17) is 0 Å². The Morgan fingerprint density at radius 3 is 2.42 bits per heavy atom. The van der Waals surface area contributed by atoms with Crippen LogP contribution in [0, 0.1) is 13.3 Å². The number of aryl methyl sites for hydroxylation is 1. The lowest BCUT2D eigenvalue weighted by molar-refractivity contribution is 1.36. The molecule has 0 amide bonds. The highest BCUT2D eigenvalue weighted by molar-refractivity contribution is 5.88. The number of benzene rings is 2. The van der Waals surface area contributed by atoms with Crippen LogP contribution in [0.3, 0.4) is 0 Å². The van der Waals surface area contributed by atoms with E-state index < -0.39 is 0 Å². The Morgan fingerprint density at radius 2 is 1.58 bits per heavy atom. The third-order valence-electron chi connectivity index (χ3n) is 3.88. The summed E-state index contributed by atoms with van der Waals surface area (Å²) in [4.78, 5) is 3.36. The minimum atomic E-state index is 1.22. The Labute approximate surface area is 112 Å². The number of aromatic nitrogens is 1. The molecule has 1 heterocycles. The molecule has 1 nitrogen and oxygen atoms in total. The fourth-order valence-electron chi connectivity index (χ4n) is 2.93. The molecule has 0 spiro atoms. The fraction of sp³-hybridized carbons (Fsp3) is 0.0556. The molecule has 0 saturated carbocycles. The van der Waals surface area contributed by atoms with Crippen LogP contribution in [0.25, 0.3) is 22.4 Å². The molecule has 91 valence electrons. The van der Waals surface area contributed by atoms with Gasteiger partial charge in [0.25, 0.3) is 0 Å². The zero-order valence-electron chi connectivity index (χ0n) is 10.8. The van der Waals surface area contributed by atoms with Gasteiger partial charge >= 0.3 is 0 Å². The van der Waals surface area contributed by atoms with Gasteiger partial charge in [-0.25, -0.2) is 0 Å². The van der Waals surface area contributed by atoms with Gasteiger partial charge in [0.1, 0.15) is 0 Å². The number of rotatable bonds is 1.